The molecule has 0 bridgehead atoms. The summed E-state index contributed by atoms with van der Waals surface area (Å²) in [6.07, 6.45) is 5.35. The van der Waals surface area contributed by atoms with Crippen molar-refractivity contribution in [3.63, 3.8) is 0 Å². The Morgan fingerprint density at radius 1 is 1.06 bits per heavy atom. The predicted molar refractivity (Wildman–Crippen MR) is 118 cm³/mol. The molecular formula is C24H22F2N4O2. The number of aromatic nitrogens is 2. The highest BCUT2D eigenvalue weighted by Gasteiger charge is 2.20. The number of ether oxygens (including phenoxy) is 1. The number of nitrogens with zero attached hydrogens (tertiary/aromatic N) is 2. The van der Waals surface area contributed by atoms with Crippen molar-refractivity contribution in [2.75, 3.05) is 37.7 Å². The van der Waals surface area contributed by atoms with Crippen molar-refractivity contribution in [1.82, 2.24) is 15.3 Å². The van der Waals surface area contributed by atoms with Crippen LogP contribution in [0.25, 0.3) is 23.4 Å². The summed E-state index contributed by atoms with van der Waals surface area (Å²) in [6.45, 7) is 2.91. The number of hydrogen-bond donors (Lipinski definition) is 2. The normalized spacial score (nSPS) is 16.3. The molecule has 2 aliphatic heterocycles. The summed E-state index contributed by atoms with van der Waals surface area (Å²) in [6, 6.07) is 8.16. The van der Waals surface area contributed by atoms with E-state index in [-0.39, 0.29) is 11.5 Å². The van der Waals surface area contributed by atoms with Gasteiger partial charge in [-0.1, -0.05) is 0 Å². The second-order valence-electron chi connectivity index (χ2n) is 7.81. The first-order chi connectivity index (χ1) is 15.6. The van der Waals surface area contributed by atoms with E-state index in [0.717, 1.165) is 23.4 Å². The summed E-state index contributed by atoms with van der Waals surface area (Å²) < 4.78 is 34.6. The number of carbonyl (C=O) groups excluding carboxylic acids is 1. The zero-order chi connectivity index (χ0) is 22.1. The molecule has 1 amide bonds. The number of amides is 1. The van der Waals surface area contributed by atoms with Crippen molar-refractivity contribution in [3.8, 4) is 11.3 Å². The van der Waals surface area contributed by atoms with Gasteiger partial charge in [-0.3, -0.25) is 9.78 Å². The SMILES string of the molecule is O=C1NCCc2[nH]c(-c3ccnc(C=Cc4c(F)cc(N5CCOCC5)cc4F)c3)cc21. The topological polar surface area (TPSA) is 70.2 Å². The highest BCUT2D eigenvalue weighted by molar-refractivity contribution is 5.97. The maximum absolute atomic E-state index is 14.7. The van der Waals surface area contributed by atoms with E-state index in [0.29, 0.717) is 49.8 Å². The second kappa shape index (κ2) is 8.55. The van der Waals surface area contributed by atoms with Gasteiger partial charge in [0.1, 0.15) is 11.6 Å². The molecule has 2 aromatic heterocycles. The van der Waals surface area contributed by atoms with E-state index in [1.807, 2.05) is 23.1 Å². The number of aromatic amines is 1. The van der Waals surface area contributed by atoms with E-state index in [4.69, 9.17) is 4.74 Å². The average Bonchev–Trinajstić information content (AvgIpc) is 3.25. The minimum Gasteiger partial charge on any atom is -0.378 e. The van der Waals surface area contributed by atoms with Crippen molar-refractivity contribution >= 4 is 23.7 Å². The quantitative estimate of drug-likeness (QED) is 0.655. The van der Waals surface area contributed by atoms with Crippen LogP contribution in [0.2, 0.25) is 0 Å². The number of hydrogen-bond acceptors (Lipinski definition) is 4. The van der Waals surface area contributed by atoms with Gasteiger partial charge >= 0.3 is 0 Å². The molecule has 0 spiro atoms. The van der Waals surface area contributed by atoms with E-state index in [2.05, 4.69) is 15.3 Å². The molecule has 2 N–H and O–H groups in total. The Bertz CT molecular complexity index is 1180. The van der Waals surface area contributed by atoms with E-state index in [9.17, 15) is 13.6 Å². The number of morpholine rings is 1. The lowest BCUT2D eigenvalue weighted by atomic mass is 10.1. The number of benzene rings is 1. The van der Waals surface area contributed by atoms with Gasteiger partial charge in [0.15, 0.2) is 0 Å². The fraction of sp³-hybridized carbons (Fsp3) is 0.250. The van der Waals surface area contributed by atoms with Gasteiger partial charge in [-0.25, -0.2) is 8.78 Å². The molecule has 1 aromatic carbocycles. The average molecular weight is 436 g/mol. The molecule has 3 aromatic rings. The van der Waals surface area contributed by atoms with E-state index < -0.39 is 11.6 Å². The summed E-state index contributed by atoms with van der Waals surface area (Å²) in [5.41, 5.74) is 4.14. The van der Waals surface area contributed by atoms with E-state index >= 15 is 0 Å². The number of halogens is 2. The lowest BCUT2D eigenvalue weighted by Crippen LogP contribution is -2.36. The monoisotopic (exact) mass is 436 g/mol. The van der Waals surface area contributed by atoms with Crippen LogP contribution in [0.4, 0.5) is 14.5 Å². The molecule has 1 fully saturated rings. The fourth-order valence-corrected chi connectivity index (χ4v) is 4.06. The highest BCUT2D eigenvalue weighted by atomic mass is 19.1. The Balaban J connectivity index is 1.39. The number of rotatable bonds is 4. The first-order valence-electron chi connectivity index (χ1n) is 10.5. The van der Waals surface area contributed by atoms with Gasteiger partial charge in [0.2, 0.25) is 0 Å². The van der Waals surface area contributed by atoms with Crippen LogP contribution >= 0.6 is 0 Å². The highest BCUT2D eigenvalue weighted by Crippen LogP contribution is 2.26. The molecule has 0 radical (unpaired) electrons. The van der Waals surface area contributed by atoms with Gasteiger partial charge in [0, 0.05) is 60.5 Å². The van der Waals surface area contributed by atoms with Crippen LogP contribution in [0.5, 0.6) is 0 Å². The number of pyridine rings is 1. The maximum Gasteiger partial charge on any atom is 0.253 e. The zero-order valence-corrected chi connectivity index (χ0v) is 17.3. The molecule has 5 rings (SSSR count). The van der Waals surface area contributed by atoms with Gasteiger partial charge in [-0.15, -0.1) is 0 Å². The minimum absolute atomic E-state index is 0.0885. The Morgan fingerprint density at radius 3 is 2.59 bits per heavy atom. The first kappa shape index (κ1) is 20.4. The number of anilines is 1. The smallest absolute Gasteiger partial charge is 0.253 e. The van der Waals surface area contributed by atoms with Crippen LogP contribution in [-0.4, -0.2) is 48.7 Å². The van der Waals surface area contributed by atoms with Crippen molar-refractivity contribution in [3.05, 3.63) is 70.7 Å². The standard InChI is InChI=1S/C24H22F2N4O2/c25-20-12-17(30-7-9-32-10-8-30)13-21(26)18(20)2-1-16-11-15(3-5-27-16)23-14-19-22(29-23)4-6-28-24(19)31/h1-3,5,11-14,29H,4,6-10H2,(H,28,31). The van der Waals surface area contributed by atoms with Crippen LogP contribution in [-0.2, 0) is 11.2 Å². The third kappa shape index (κ3) is 4.01. The van der Waals surface area contributed by atoms with Crippen LogP contribution in [0.15, 0.2) is 36.5 Å². The van der Waals surface area contributed by atoms with Gasteiger partial charge < -0.3 is 19.9 Å². The Hall–Kier alpha value is -3.52. The molecular weight excluding hydrogens is 414 g/mol. The Morgan fingerprint density at radius 2 is 1.84 bits per heavy atom. The van der Waals surface area contributed by atoms with Crippen molar-refractivity contribution in [2.45, 2.75) is 6.42 Å². The van der Waals surface area contributed by atoms with Crippen LogP contribution < -0.4 is 10.2 Å². The molecule has 4 heterocycles. The Labute approximate surface area is 183 Å². The summed E-state index contributed by atoms with van der Waals surface area (Å²) in [7, 11) is 0. The molecule has 0 atom stereocenters. The van der Waals surface area contributed by atoms with Crippen molar-refractivity contribution in [1.29, 1.82) is 0 Å². The Kier molecular flexibility index (Phi) is 5.45. The van der Waals surface area contributed by atoms with E-state index in [1.54, 1.807) is 12.3 Å². The molecule has 2 aliphatic rings. The van der Waals surface area contributed by atoms with Crippen LogP contribution in [0.3, 0.4) is 0 Å². The van der Waals surface area contributed by atoms with Crippen molar-refractivity contribution in [2.24, 2.45) is 0 Å². The largest absolute Gasteiger partial charge is 0.378 e. The molecule has 1 saturated heterocycles. The third-order valence-electron chi connectivity index (χ3n) is 5.76. The van der Waals surface area contributed by atoms with Crippen molar-refractivity contribution < 1.29 is 18.3 Å². The molecule has 0 aliphatic carbocycles. The zero-order valence-electron chi connectivity index (χ0n) is 17.3. The molecule has 0 unspecified atom stereocenters. The molecule has 0 saturated carbocycles. The molecule has 8 heteroatoms. The van der Waals surface area contributed by atoms with Gasteiger partial charge in [-0.2, -0.15) is 0 Å². The molecule has 32 heavy (non-hydrogen) atoms. The summed E-state index contributed by atoms with van der Waals surface area (Å²) >= 11 is 0. The van der Waals surface area contributed by atoms with Gasteiger partial charge in [0.05, 0.1) is 24.5 Å². The predicted octanol–water partition coefficient (Wildman–Crippen LogP) is 3.65. The van der Waals surface area contributed by atoms with Gasteiger partial charge in [-0.05, 0) is 42.5 Å². The second-order valence-corrected chi connectivity index (χ2v) is 7.81. The first-order valence-corrected chi connectivity index (χ1v) is 10.5. The molecule has 6 nitrogen and oxygen atoms in total. The van der Waals surface area contributed by atoms with E-state index in [1.165, 1.54) is 18.2 Å². The third-order valence-corrected chi connectivity index (χ3v) is 5.76. The fourth-order valence-electron chi connectivity index (χ4n) is 4.06. The number of H-pyrrole nitrogens is 1. The maximum atomic E-state index is 14.7. The number of carbonyl (C=O) groups is 1. The summed E-state index contributed by atoms with van der Waals surface area (Å²) in [4.78, 5) is 21.5. The molecule has 164 valence electrons. The van der Waals surface area contributed by atoms with Crippen LogP contribution in [0.1, 0.15) is 27.3 Å². The minimum atomic E-state index is -0.623. The van der Waals surface area contributed by atoms with Gasteiger partial charge in [0.25, 0.3) is 5.91 Å². The number of fused-ring (bicyclic) bond motifs is 1. The summed E-state index contributed by atoms with van der Waals surface area (Å²) in [5, 5.41) is 2.83. The van der Waals surface area contributed by atoms with Crippen LogP contribution in [0, 0.1) is 11.6 Å². The number of nitrogens with one attached hydrogen (secondary N) is 2. The lowest BCUT2D eigenvalue weighted by molar-refractivity contribution is 0.0946. The summed E-state index contributed by atoms with van der Waals surface area (Å²) in [5.74, 6) is -1.33. The lowest BCUT2D eigenvalue weighted by Gasteiger charge is -2.29.